The van der Waals surface area contributed by atoms with Crippen LogP contribution < -0.4 is 0 Å². The van der Waals surface area contributed by atoms with Crippen LogP contribution in [0.4, 0.5) is 0 Å². The molecule has 0 unspecified atom stereocenters. The largest absolute Gasteiger partial charge is 0.391 e. The molecule has 1 heterocycles. The van der Waals surface area contributed by atoms with Crippen LogP contribution in [0.1, 0.15) is 6.42 Å². The van der Waals surface area contributed by atoms with Crippen molar-refractivity contribution < 1.29 is 25.2 Å². The van der Waals surface area contributed by atoms with Crippen LogP contribution in [-0.2, 0) is 4.74 Å². The maximum Gasteiger partial charge on any atom is 0.191 e. The summed E-state index contributed by atoms with van der Waals surface area (Å²) in [6.45, 7) is -0.727. The molecule has 0 aromatic carbocycles. The average Bonchev–Trinajstić information content (AvgIpc) is 1.98. The predicted molar refractivity (Wildman–Crippen MR) is 34.6 cm³/mol. The Kier molecular flexibility index (Phi) is 2.46. The maximum absolute atomic E-state index is 9.22. The molecule has 0 bridgehead atoms. The van der Waals surface area contributed by atoms with Crippen molar-refractivity contribution >= 4 is 0 Å². The molecule has 1 saturated heterocycles. The lowest BCUT2D eigenvalue weighted by molar-refractivity contribution is -0.282. The summed E-state index contributed by atoms with van der Waals surface area (Å²) in [6.07, 6.45) is -2.16. The third-order valence-corrected chi connectivity index (χ3v) is 1.74. The number of rotatable bonds is 1. The van der Waals surface area contributed by atoms with E-state index in [4.69, 9.17) is 20.1 Å². The van der Waals surface area contributed by atoms with Crippen LogP contribution in [0.15, 0.2) is 0 Å². The van der Waals surface area contributed by atoms with Gasteiger partial charge in [0.25, 0.3) is 0 Å². The van der Waals surface area contributed by atoms with Crippen molar-refractivity contribution in [2.75, 3.05) is 13.2 Å². The molecule has 0 saturated carbocycles. The number of ether oxygens (including phenoxy) is 1. The van der Waals surface area contributed by atoms with Crippen LogP contribution in [0.25, 0.3) is 0 Å². The molecule has 0 aliphatic carbocycles. The Morgan fingerprint density at radius 2 is 2.00 bits per heavy atom. The number of aliphatic hydroxyl groups is 4. The zero-order valence-corrected chi connectivity index (χ0v) is 5.97. The van der Waals surface area contributed by atoms with Gasteiger partial charge in [-0.3, -0.25) is 0 Å². The van der Waals surface area contributed by atoms with Crippen LogP contribution in [0.5, 0.6) is 0 Å². The van der Waals surface area contributed by atoms with Gasteiger partial charge in [0.05, 0.1) is 19.3 Å². The SMILES string of the molecule is OC[C@@]1(O)C[C@H](O)[C@@H](O)CO1. The van der Waals surface area contributed by atoms with Gasteiger partial charge < -0.3 is 25.2 Å². The minimum Gasteiger partial charge on any atom is -0.391 e. The molecule has 5 nitrogen and oxygen atoms in total. The first-order valence-corrected chi connectivity index (χ1v) is 3.41. The van der Waals surface area contributed by atoms with E-state index in [1.165, 1.54) is 0 Å². The van der Waals surface area contributed by atoms with Crippen LogP contribution in [-0.4, -0.2) is 51.6 Å². The monoisotopic (exact) mass is 164 g/mol. The predicted octanol–water partition coefficient (Wildman–Crippen LogP) is -2.19. The zero-order valence-electron chi connectivity index (χ0n) is 5.97. The van der Waals surface area contributed by atoms with E-state index in [0.717, 1.165) is 0 Å². The van der Waals surface area contributed by atoms with Crippen molar-refractivity contribution in [2.45, 2.75) is 24.4 Å². The normalized spacial score (nSPS) is 45.8. The van der Waals surface area contributed by atoms with Gasteiger partial charge >= 0.3 is 0 Å². The fourth-order valence-corrected chi connectivity index (χ4v) is 0.984. The van der Waals surface area contributed by atoms with Crippen molar-refractivity contribution in [3.8, 4) is 0 Å². The van der Waals surface area contributed by atoms with Gasteiger partial charge in [-0.15, -0.1) is 0 Å². The molecule has 4 N–H and O–H groups in total. The Labute approximate surface area is 63.8 Å². The second kappa shape index (κ2) is 3.04. The molecule has 66 valence electrons. The summed E-state index contributed by atoms with van der Waals surface area (Å²) >= 11 is 0. The van der Waals surface area contributed by atoms with Gasteiger partial charge in [0.2, 0.25) is 0 Å². The summed E-state index contributed by atoms with van der Waals surface area (Å²) in [6, 6.07) is 0. The molecule has 1 fully saturated rings. The van der Waals surface area contributed by atoms with E-state index in [1.54, 1.807) is 0 Å². The molecule has 1 aliphatic heterocycles. The third kappa shape index (κ3) is 1.88. The Balaban J connectivity index is 2.51. The Bertz CT molecular complexity index is 139. The highest BCUT2D eigenvalue weighted by molar-refractivity contribution is 4.81. The molecule has 11 heavy (non-hydrogen) atoms. The molecule has 0 aromatic heterocycles. The van der Waals surface area contributed by atoms with E-state index < -0.39 is 24.6 Å². The van der Waals surface area contributed by atoms with E-state index in [0.29, 0.717) is 0 Å². The van der Waals surface area contributed by atoms with Crippen LogP contribution in [0.2, 0.25) is 0 Å². The molecule has 1 rings (SSSR count). The van der Waals surface area contributed by atoms with Crippen LogP contribution in [0.3, 0.4) is 0 Å². The number of hydrogen-bond donors (Lipinski definition) is 4. The highest BCUT2D eigenvalue weighted by atomic mass is 16.6. The summed E-state index contributed by atoms with van der Waals surface area (Å²) in [7, 11) is 0. The maximum atomic E-state index is 9.22. The Morgan fingerprint density at radius 3 is 2.45 bits per heavy atom. The summed E-state index contributed by atoms with van der Waals surface area (Å²) in [5.74, 6) is -1.68. The minimum absolute atomic E-state index is 0.155. The minimum atomic E-state index is -1.68. The molecular weight excluding hydrogens is 152 g/mol. The molecule has 0 spiro atoms. The molecule has 5 heteroatoms. The van der Waals surface area contributed by atoms with Crippen LogP contribution in [0, 0.1) is 0 Å². The smallest absolute Gasteiger partial charge is 0.191 e. The van der Waals surface area contributed by atoms with E-state index in [2.05, 4.69) is 0 Å². The summed E-state index contributed by atoms with van der Waals surface area (Å²) in [4.78, 5) is 0. The van der Waals surface area contributed by atoms with Gasteiger partial charge in [0, 0.05) is 6.42 Å². The van der Waals surface area contributed by atoms with Crippen molar-refractivity contribution in [2.24, 2.45) is 0 Å². The van der Waals surface area contributed by atoms with Crippen molar-refractivity contribution in [3.63, 3.8) is 0 Å². The number of hydrogen-bond acceptors (Lipinski definition) is 5. The molecular formula is C6H12O5. The van der Waals surface area contributed by atoms with Gasteiger partial charge in [0.1, 0.15) is 6.10 Å². The van der Waals surface area contributed by atoms with Gasteiger partial charge in [-0.25, -0.2) is 0 Å². The fraction of sp³-hybridized carbons (Fsp3) is 1.00. The topological polar surface area (TPSA) is 90.2 Å². The molecule has 0 amide bonds. The van der Waals surface area contributed by atoms with E-state index in [9.17, 15) is 5.11 Å². The second-order valence-corrected chi connectivity index (χ2v) is 2.75. The molecule has 3 atom stereocenters. The summed E-state index contributed by atoms with van der Waals surface area (Å²) < 4.78 is 4.69. The molecule has 1 aliphatic rings. The standard InChI is InChI=1S/C6H12O5/c7-3-6(10)1-4(8)5(9)2-11-6/h4-5,7-10H,1-3H2/t4-,5-,6+/m0/s1. The first-order chi connectivity index (χ1) is 5.07. The second-order valence-electron chi connectivity index (χ2n) is 2.75. The van der Waals surface area contributed by atoms with E-state index >= 15 is 0 Å². The Morgan fingerprint density at radius 1 is 1.36 bits per heavy atom. The van der Waals surface area contributed by atoms with Crippen molar-refractivity contribution in [1.29, 1.82) is 0 Å². The lowest BCUT2D eigenvalue weighted by Crippen LogP contribution is -2.51. The lowest BCUT2D eigenvalue weighted by Gasteiger charge is -2.35. The van der Waals surface area contributed by atoms with Gasteiger partial charge in [0.15, 0.2) is 5.79 Å². The average molecular weight is 164 g/mol. The van der Waals surface area contributed by atoms with Crippen molar-refractivity contribution in [3.05, 3.63) is 0 Å². The van der Waals surface area contributed by atoms with Gasteiger partial charge in [-0.2, -0.15) is 0 Å². The van der Waals surface area contributed by atoms with Gasteiger partial charge in [-0.1, -0.05) is 0 Å². The van der Waals surface area contributed by atoms with Gasteiger partial charge in [-0.05, 0) is 0 Å². The fourth-order valence-electron chi connectivity index (χ4n) is 0.984. The van der Waals surface area contributed by atoms with E-state index in [-0.39, 0.29) is 13.0 Å². The van der Waals surface area contributed by atoms with Crippen molar-refractivity contribution in [1.82, 2.24) is 0 Å². The molecule has 0 radical (unpaired) electrons. The highest BCUT2D eigenvalue weighted by Crippen LogP contribution is 2.21. The zero-order chi connectivity index (χ0) is 8.48. The first-order valence-electron chi connectivity index (χ1n) is 3.41. The number of aliphatic hydroxyl groups excluding tert-OH is 3. The highest BCUT2D eigenvalue weighted by Gasteiger charge is 2.38. The lowest BCUT2D eigenvalue weighted by atomic mass is 10.0. The summed E-state index contributed by atoms with van der Waals surface area (Å²) in [5.41, 5.74) is 0. The summed E-state index contributed by atoms with van der Waals surface area (Å²) in [5, 5.41) is 35.8. The Hall–Kier alpha value is -0.200. The first kappa shape index (κ1) is 8.89. The van der Waals surface area contributed by atoms with Crippen LogP contribution >= 0.6 is 0 Å². The van der Waals surface area contributed by atoms with E-state index in [1.807, 2.05) is 0 Å². The quantitative estimate of drug-likeness (QED) is 0.353. The third-order valence-electron chi connectivity index (χ3n) is 1.74. The molecule has 0 aromatic rings.